The van der Waals surface area contributed by atoms with E-state index in [2.05, 4.69) is 5.32 Å². The second-order valence-corrected chi connectivity index (χ2v) is 4.76. The maximum absolute atomic E-state index is 12.1. The van der Waals surface area contributed by atoms with Crippen molar-refractivity contribution in [2.75, 3.05) is 18.4 Å². The van der Waals surface area contributed by atoms with Crippen LogP contribution in [-0.2, 0) is 0 Å². The summed E-state index contributed by atoms with van der Waals surface area (Å²) in [6, 6.07) is 6.20. The van der Waals surface area contributed by atoms with Gasteiger partial charge in [-0.3, -0.25) is 0 Å². The van der Waals surface area contributed by atoms with Crippen molar-refractivity contribution in [3.8, 4) is 0 Å². The Labute approximate surface area is 112 Å². The van der Waals surface area contributed by atoms with Crippen molar-refractivity contribution in [2.45, 2.75) is 19.8 Å². The quantitative estimate of drug-likeness (QED) is 0.857. The lowest BCUT2D eigenvalue weighted by Gasteiger charge is -2.21. The largest absolute Gasteiger partial charge is 0.478 e. The first kappa shape index (κ1) is 13.4. The number of para-hydroxylation sites is 1. The molecule has 2 N–H and O–H groups in total. The molecule has 0 heterocycles. The minimum atomic E-state index is -1.04. The topological polar surface area (TPSA) is 69.6 Å². The molecule has 0 unspecified atom stereocenters. The molecule has 0 spiro atoms. The number of benzene rings is 1. The fraction of sp³-hybridized carbons (Fsp3) is 0.429. The molecule has 2 rings (SSSR count). The normalized spacial score (nSPS) is 13.9. The first-order valence-electron chi connectivity index (χ1n) is 6.50. The van der Waals surface area contributed by atoms with Gasteiger partial charge < -0.3 is 15.3 Å². The second kappa shape index (κ2) is 5.73. The summed E-state index contributed by atoms with van der Waals surface area (Å²) in [7, 11) is 0. The van der Waals surface area contributed by atoms with Crippen LogP contribution in [0.25, 0.3) is 0 Å². The molecule has 1 aliphatic carbocycles. The van der Waals surface area contributed by atoms with Crippen LogP contribution in [-0.4, -0.2) is 35.1 Å². The highest BCUT2D eigenvalue weighted by Crippen LogP contribution is 2.29. The summed E-state index contributed by atoms with van der Waals surface area (Å²) in [5.74, 6) is -0.429. The Morgan fingerprint density at radius 1 is 1.37 bits per heavy atom. The Bertz CT molecular complexity index is 483. The lowest BCUT2D eigenvalue weighted by molar-refractivity contribution is 0.0698. The van der Waals surface area contributed by atoms with E-state index in [1.165, 1.54) is 18.9 Å². The number of hydrogen-bond donors (Lipinski definition) is 2. The molecule has 5 heteroatoms. The van der Waals surface area contributed by atoms with Crippen LogP contribution in [0.3, 0.4) is 0 Å². The number of hydrogen-bond acceptors (Lipinski definition) is 2. The van der Waals surface area contributed by atoms with Gasteiger partial charge in [0.25, 0.3) is 0 Å². The lowest BCUT2D eigenvalue weighted by atomic mass is 10.2. The van der Waals surface area contributed by atoms with Crippen LogP contribution >= 0.6 is 0 Å². The Morgan fingerprint density at radius 3 is 2.63 bits per heavy atom. The van der Waals surface area contributed by atoms with E-state index in [-0.39, 0.29) is 11.6 Å². The number of urea groups is 1. The number of aromatic carboxylic acids is 1. The maximum Gasteiger partial charge on any atom is 0.337 e. The van der Waals surface area contributed by atoms with Crippen molar-refractivity contribution in [2.24, 2.45) is 5.92 Å². The highest BCUT2D eigenvalue weighted by atomic mass is 16.4. The Morgan fingerprint density at radius 2 is 2.05 bits per heavy atom. The van der Waals surface area contributed by atoms with E-state index in [1.807, 2.05) is 6.92 Å². The van der Waals surface area contributed by atoms with Gasteiger partial charge >= 0.3 is 12.0 Å². The molecule has 1 aromatic rings. The number of carboxylic acids is 1. The minimum Gasteiger partial charge on any atom is -0.478 e. The monoisotopic (exact) mass is 262 g/mol. The van der Waals surface area contributed by atoms with Crippen LogP contribution in [0.5, 0.6) is 0 Å². The average molecular weight is 262 g/mol. The van der Waals surface area contributed by atoms with E-state index in [9.17, 15) is 9.59 Å². The lowest BCUT2D eigenvalue weighted by Crippen LogP contribution is -2.36. The van der Waals surface area contributed by atoms with Crippen molar-refractivity contribution >= 4 is 17.7 Å². The van der Waals surface area contributed by atoms with Crippen molar-refractivity contribution in [1.82, 2.24) is 4.90 Å². The summed E-state index contributed by atoms with van der Waals surface area (Å²) < 4.78 is 0. The van der Waals surface area contributed by atoms with E-state index >= 15 is 0 Å². The van der Waals surface area contributed by atoms with Gasteiger partial charge in [0.1, 0.15) is 0 Å². The van der Waals surface area contributed by atoms with Gasteiger partial charge in [-0.1, -0.05) is 12.1 Å². The number of carbonyl (C=O) groups excluding carboxylic acids is 1. The van der Waals surface area contributed by atoms with Crippen LogP contribution in [0.15, 0.2) is 24.3 Å². The van der Waals surface area contributed by atoms with E-state index in [0.717, 1.165) is 6.54 Å². The minimum absolute atomic E-state index is 0.110. The zero-order valence-electron chi connectivity index (χ0n) is 10.9. The summed E-state index contributed by atoms with van der Waals surface area (Å²) in [5, 5.41) is 11.7. The number of anilines is 1. The fourth-order valence-corrected chi connectivity index (χ4v) is 1.94. The van der Waals surface area contributed by atoms with Gasteiger partial charge in [-0.15, -0.1) is 0 Å². The van der Waals surface area contributed by atoms with Crippen LogP contribution in [0.2, 0.25) is 0 Å². The van der Waals surface area contributed by atoms with Crippen molar-refractivity contribution in [3.05, 3.63) is 29.8 Å². The molecular weight excluding hydrogens is 244 g/mol. The first-order chi connectivity index (χ1) is 9.11. The van der Waals surface area contributed by atoms with Gasteiger partial charge in [0.05, 0.1) is 11.3 Å². The summed E-state index contributed by atoms with van der Waals surface area (Å²) in [4.78, 5) is 24.9. The zero-order valence-corrected chi connectivity index (χ0v) is 10.9. The number of nitrogens with zero attached hydrogens (tertiary/aromatic N) is 1. The summed E-state index contributed by atoms with van der Waals surface area (Å²) in [5.41, 5.74) is 0.451. The Kier molecular flexibility index (Phi) is 4.04. The predicted octanol–water partition coefficient (Wildman–Crippen LogP) is 2.65. The zero-order chi connectivity index (χ0) is 13.8. The van der Waals surface area contributed by atoms with Gasteiger partial charge in [-0.25, -0.2) is 9.59 Å². The number of carbonyl (C=O) groups is 2. The van der Waals surface area contributed by atoms with E-state index < -0.39 is 5.97 Å². The molecule has 0 radical (unpaired) electrons. The summed E-state index contributed by atoms with van der Waals surface area (Å²) >= 11 is 0. The van der Waals surface area contributed by atoms with E-state index in [0.29, 0.717) is 18.2 Å². The highest BCUT2D eigenvalue weighted by Gasteiger charge is 2.26. The molecule has 2 amide bonds. The van der Waals surface area contributed by atoms with E-state index in [4.69, 9.17) is 5.11 Å². The number of carboxylic acid groups (broad SMARTS) is 1. The fourth-order valence-electron chi connectivity index (χ4n) is 1.94. The van der Waals surface area contributed by atoms with Crippen molar-refractivity contribution in [3.63, 3.8) is 0 Å². The molecule has 1 fully saturated rings. The molecule has 0 aromatic heterocycles. The molecule has 5 nitrogen and oxygen atoms in total. The first-order valence-corrected chi connectivity index (χ1v) is 6.50. The molecule has 0 bridgehead atoms. The molecular formula is C14H18N2O3. The van der Waals surface area contributed by atoms with E-state index in [1.54, 1.807) is 23.1 Å². The van der Waals surface area contributed by atoms with Crippen LogP contribution in [0.4, 0.5) is 10.5 Å². The predicted molar refractivity (Wildman–Crippen MR) is 72.4 cm³/mol. The Balaban J connectivity index is 2.06. The molecule has 1 saturated carbocycles. The average Bonchev–Trinajstić information content (AvgIpc) is 3.20. The van der Waals surface area contributed by atoms with Gasteiger partial charge in [0.15, 0.2) is 0 Å². The van der Waals surface area contributed by atoms with Crippen LogP contribution in [0.1, 0.15) is 30.1 Å². The number of rotatable bonds is 5. The molecule has 102 valence electrons. The van der Waals surface area contributed by atoms with Gasteiger partial charge in [-0.05, 0) is 37.8 Å². The molecule has 19 heavy (non-hydrogen) atoms. The molecule has 1 aromatic carbocycles. The second-order valence-electron chi connectivity index (χ2n) is 4.76. The maximum atomic E-state index is 12.1. The highest BCUT2D eigenvalue weighted by molar-refractivity contribution is 5.99. The molecule has 0 atom stereocenters. The third kappa shape index (κ3) is 3.47. The van der Waals surface area contributed by atoms with Gasteiger partial charge in [-0.2, -0.15) is 0 Å². The third-order valence-corrected chi connectivity index (χ3v) is 3.24. The van der Waals surface area contributed by atoms with Crippen LogP contribution in [0, 0.1) is 5.92 Å². The van der Waals surface area contributed by atoms with Crippen LogP contribution < -0.4 is 5.32 Å². The number of amides is 2. The molecule has 0 saturated heterocycles. The van der Waals surface area contributed by atoms with Gasteiger partial charge in [0.2, 0.25) is 0 Å². The molecule has 0 aliphatic heterocycles. The van der Waals surface area contributed by atoms with Crippen molar-refractivity contribution < 1.29 is 14.7 Å². The standard InChI is InChI=1S/C14H18N2O3/c1-2-16(9-10-7-8-10)14(19)15-12-6-4-3-5-11(12)13(17)18/h3-6,10H,2,7-9H2,1H3,(H,15,19)(H,17,18). The SMILES string of the molecule is CCN(CC1CC1)C(=O)Nc1ccccc1C(=O)O. The summed E-state index contributed by atoms with van der Waals surface area (Å²) in [6.07, 6.45) is 2.35. The van der Waals surface area contributed by atoms with Crippen molar-refractivity contribution in [1.29, 1.82) is 0 Å². The smallest absolute Gasteiger partial charge is 0.337 e. The number of nitrogens with one attached hydrogen (secondary N) is 1. The third-order valence-electron chi connectivity index (χ3n) is 3.24. The molecule has 1 aliphatic rings. The Hall–Kier alpha value is -2.04. The summed E-state index contributed by atoms with van der Waals surface area (Å²) in [6.45, 7) is 3.29. The van der Waals surface area contributed by atoms with Gasteiger partial charge in [0, 0.05) is 13.1 Å².